The van der Waals surface area contributed by atoms with Crippen molar-refractivity contribution in [3.8, 4) is 0 Å². The number of guanidine groups is 1. The standard InChI is InChI=1S/C22H35N7OS.HI/c1-18-26-27-21(28(18)2)16-25-22(23-9-6-14-31-3)24-15-19-7-4-5-8-20(19)17-29-10-12-30-13-11-29;/h4-5,7-8H,6,9-17H2,1-3H3,(H2,23,24,25);1H. The Labute approximate surface area is 213 Å². The van der Waals surface area contributed by atoms with Crippen molar-refractivity contribution >= 4 is 41.7 Å². The minimum absolute atomic E-state index is 0. The monoisotopic (exact) mass is 573 g/mol. The number of nitrogens with zero attached hydrogens (tertiary/aromatic N) is 5. The third-order valence-electron chi connectivity index (χ3n) is 5.44. The molecule has 178 valence electrons. The summed E-state index contributed by atoms with van der Waals surface area (Å²) in [5, 5.41) is 15.3. The summed E-state index contributed by atoms with van der Waals surface area (Å²) in [6.07, 6.45) is 3.23. The summed E-state index contributed by atoms with van der Waals surface area (Å²) in [6, 6.07) is 8.59. The predicted molar refractivity (Wildman–Crippen MR) is 143 cm³/mol. The van der Waals surface area contributed by atoms with Crippen LogP contribution in [0, 0.1) is 6.92 Å². The van der Waals surface area contributed by atoms with E-state index in [0.29, 0.717) is 13.1 Å². The van der Waals surface area contributed by atoms with Crippen LogP contribution < -0.4 is 10.6 Å². The Kier molecular flexibility index (Phi) is 12.4. The Morgan fingerprint density at radius 3 is 2.59 bits per heavy atom. The van der Waals surface area contributed by atoms with Crippen molar-refractivity contribution in [1.29, 1.82) is 0 Å². The van der Waals surface area contributed by atoms with Gasteiger partial charge >= 0.3 is 0 Å². The first-order valence-corrected chi connectivity index (χ1v) is 12.3. The maximum Gasteiger partial charge on any atom is 0.191 e. The van der Waals surface area contributed by atoms with Crippen molar-refractivity contribution in [2.75, 3.05) is 44.9 Å². The van der Waals surface area contributed by atoms with Crippen LogP contribution in [-0.4, -0.2) is 70.5 Å². The Balaban J connectivity index is 0.00000363. The van der Waals surface area contributed by atoms with E-state index in [4.69, 9.17) is 9.73 Å². The van der Waals surface area contributed by atoms with Crippen LogP contribution in [0.1, 0.15) is 29.2 Å². The molecule has 0 unspecified atom stereocenters. The highest BCUT2D eigenvalue weighted by Gasteiger charge is 2.13. The van der Waals surface area contributed by atoms with Gasteiger partial charge in [-0.2, -0.15) is 11.8 Å². The molecule has 0 radical (unpaired) electrons. The minimum Gasteiger partial charge on any atom is -0.379 e. The first-order chi connectivity index (χ1) is 15.2. The lowest BCUT2D eigenvalue weighted by Gasteiger charge is -2.27. The molecule has 0 aliphatic carbocycles. The van der Waals surface area contributed by atoms with E-state index in [0.717, 1.165) is 69.2 Å². The molecular formula is C22H36IN7OS. The van der Waals surface area contributed by atoms with E-state index in [1.807, 2.05) is 30.3 Å². The molecule has 2 heterocycles. The third-order valence-corrected chi connectivity index (χ3v) is 6.13. The fourth-order valence-electron chi connectivity index (χ4n) is 3.40. The van der Waals surface area contributed by atoms with Crippen molar-refractivity contribution in [3.05, 3.63) is 47.0 Å². The molecule has 8 nitrogen and oxygen atoms in total. The fraction of sp³-hybridized carbons (Fsp3) is 0.591. The molecular weight excluding hydrogens is 537 g/mol. The normalized spacial score (nSPS) is 14.8. The van der Waals surface area contributed by atoms with Gasteiger partial charge < -0.3 is 19.9 Å². The summed E-state index contributed by atoms with van der Waals surface area (Å²) in [5.41, 5.74) is 2.59. The van der Waals surface area contributed by atoms with E-state index in [1.54, 1.807) is 0 Å². The molecule has 10 heteroatoms. The van der Waals surface area contributed by atoms with Gasteiger partial charge in [-0.15, -0.1) is 34.2 Å². The van der Waals surface area contributed by atoms with Crippen LogP contribution in [0.4, 0.5) is 0 Å². The lowest BCUT2D eigenvalue weighted by molar-refractivity contribution is 0.0341. The number of hydrogen-bond acceptors (Lipinski definition) is 6. The summed E-state index contributed by atoms with van der Waals surface area (Å²) in [7, 11) is 1.98. The Hall–Kier alpha value is -1.37. The van der Waals surface area contributed by atoms with Gasteiger partial charge in [0.25, 0.3) is 0 Å². The average Bonchev–Trinajstić information content (AvgIpc) is 3.12. The summed E-state index contributed by atoms with van der Waals surface area (Å²) in [4.78, 5) is 7.33. The highest BCUT2D eigenvalue weighted by atomic mass is 127. The fourth-order valence-corrected chi connectivity index (χ4v) is 3.83. The molecule has 1 aliphatic heterocycles. The van der Waals surface area contributed by atoms with E-state index in [-0.39, 0.29) is 24.0 Å². The van der Waals surface area contributed by atoms with Crippen LogP contribution in [0.5, 0.6) is 0 Å². The number of hydrogen-bond donors (Lipinski definition) is 2. The van der Waals surface area contributed by atoms with E-state index in [2.05, 4.69) is 56.3 Å². The molecule has 1 aromatic carbocycles. The number of aliphatic imine (C=N–C) groups is 1. The molecule has 3 rings (SSSR count). The summed E-state index contributed by atoms with van der Waals surface area (Å²) < 4.78 is 7.48. The highest BCUT2D eigenvalue weighted by molar-refractivity contribution is 14.0. The van der Waals surface area contributed by atoms with Gasteiger partial charge in [0.05, 0.1) is 26.3 Å². The van der Waals surface area contributed by atoms with Crippen LogP contribution >= 0.6 is 35.7 Å². The molecule has 2 N–H and O–H groups in total. The maximum atomic E-state index is 5.48. The predicted octanol–water partition coefficient (Wildman–Crippen LogP) is 2.56. The Morgan fingerprint density at radius 1 is 1.16 bits per heavy atom. The molecule has 32 heavy (non-hydrogen) atoms. The molecule has 1 aromatic heterocycles. The second-order valence-corrected chi connectivity index (χ2v) is 8.66. The van der Waals surface area contributed by atoms with Crippen molar-refractivity contribution in [2.24, 2.45) is 12.0 Å². The summed E-state index contributed by atoms with van der Waals surface area (Å²) in [5.74, 6) is 3.73. The van der Waals surface area contributed by atoms with Gasteiger partial charge in [-0.05, 0) is 36.5 Å². The van der Waals surface area contributed by atoms with Crippen molar-refractivity contribution in [3.63, 3.8) is 0 Å². The highest BCUT2D eigenvalue weighted by Crippen LogP contribution is 2.14. The van der Waals surface area contributed by atoms with Gasteiger partial charge in [0.2, 0.25) is 0 Å². The van der Waals surface area contributed by atoms with Gasteiger partial charge in [-0.25, -0.2) is 4.99 Å². The van der Waals surface area contributed by atoms with E-state index in [9.17, 15) is 0 Å². The van der Waals surface area contributed by atoms with Gasteiger partial charge in [-0.1, -0.05) is 24.3 Å². The van der Waals surface area contributed by atoms with Crippen LogP contribution in [0.15, 0.2) is 29.3 Å². The number of benzene rings is 1. The number of ether oxygens (including phenoxy) is 1. The smallest absolute Gasteiger partial charge is 0.191 e. The number of nitrogens with one attached hydrogen (secondary N) is 2. The maximum absolute atomic E-state index is 5.48. The third kappa shape index (κ3) is 8.53. The van der Waals surface area contributed by atoms with Crippen molar-refractivity contribution < 1.29 is 4.74 Å². The van der Waals surface area contributed by atoms with Crippen LogP contribution in [-0.2, 0) is 31.4 Å². The second-order valence-electron chi connectivity index (χ2n) is 7.67. The van der Waals surface area contributed by atoms with Gasteiger partial charge in [0, 0.05) is 33.2 Å². The number of aromatic nitrogens is 3. The number of thioether (sulfide) groups is 1. The molecule has 1 fully saturated rings. The zero-order chi connectivity index (χ0) is 21.9. The van der Waals surface area contributed by atoms with Gasteiger partial charge in [0.15, 0.2) is 11.8 Å². The lowest BCUT2D eigenvalue weighted by atomic mass is 10.1. The first kappa shape index (κ1) is 26.9. The largest absolute Gasteiger partial charge is 0.379 e. The SMILES string of the molecule is CSCCCNC(=NCc1ccccc1CN1CCOCC1)NCc1nnc(C)n1C.I. The van der Waals surface area contributed by atoms with E-state index < -0.39 is 0 Å². The Bertz CT molecular complexity index is 839. The van der Waals surface area contributed by atoms with E-state index in [1.165, 1.54) is 11.1 Å². The number of morpholine rings is 1. The number of rotatable bonds is 10. The van der Waals surface area contributed by atoms with Crippen molar-refractivity contribution in [2.45, 2.75) is 33.0 Å². The number of aryl methyl sites for hydroxylation is 1. The molecule has 2 aromatic rings. The molecule has 1 aliphatic rings. The Morgan fingerprint density at radius 2 is 1.91 bits per heavy atom. The van der Waals surface area contributed by atoms with E-state index >= 15 is 0 Å². The quantitative estimate of drug-likeness (QED) is 0.196. The zero-order valence-electron chi connectivity index (χ0n) is 19.3. The summed E-state index contributed by atoms with van der Waals surface area (Å²) in [6.45, 7) is 8.61. The van der Waals surface area contributed by atoms with Gasteiger partial charge in [-0.3, -0.25) is 4.90 Å². The van der Waals surface area contributed by atoms with Gasteiger partial charge in [0.1, 0.15) is 5.82 Å². The molecule has 0 atom stereocenters. The molecule has 0 amide bonds. The minimum atomic E-state index is 0. The molecule has 1 saturated heterocycles. The molecule has 0 saturated carbocycles. The molecule has 0 spiro atoms. The topological polar surface area (TPSA) is 79.6 Å². The number of halogens is 1. The first-order valence-electron chi connectivity index (χ1n) is 10.9. The van der Waals surface area contributed by atoms with Crippen LogP contribution in [0.25, 0.3) is 0 Å². The summed E-state index contributed by atoms with van der Waals surface area (Å²) >= 11 is 1.86. The van der Waals surface area contributed by atoms with Crippen LogP contribution in [0.2, 0.25) is 0 Å². The lowest BCUT2D eigenvalue weighted by Crippen LogP contribution is -2.38. The van der Waals surface area contributed by atoms with Crippen molar-refractivity contribution in [1.82, 2.24) is 30.3 Å². The molecule has 0 bridgehead atoms. The zero-order valence-corrected chi connectivity index (χ0v) is 22.5. The average molecular weight is 574 g/mol. The van der Waals surface area contributed by atoms with Crippen LogP contribution in [0.3, 0.4) is 0 Å². The second kappa shape index (κ2) is 14.7.